The zero-order valence-electron chi connectivity index (χ0n) is 11.7. The lowest BCUT2D eigenvalue weighted by atomic mass is 10.2. The van der Waals surface area contributed by atoms with Gasteiger partial charge in [0.2, 0.25) is 0 Å². The van der Waals surface area contributed by atoms with Crippen molar-refractivity contribution in [3.05, 3.63) is 12.5 Å². The van der Waals surface area contributed by atoms with Crippen LogP contribution in [0.1, 0.15) is 20.8 Å². The minimum absolute atomic E-state index is 0.0333. The summed E-state index contributed by atoms with van der Waals surface area (Å²) in [7, 11) is -3.46. The summed E-state index contributed by atoms with van der Waals surface area (Å²) in [6.45, 7) is 8.75. The van der Waals surface area contributed by atoms with Crippen LogP contribution in [-0.4, -0.2) is 48.0 Å². The molecule has 0 spiro atoms. The quantitative estimate of drug-likeness (QED) is 0.876. The van der Waals surface area contributed by atoms with E-state index in [9.17, 15) is 8.42 Å². The smallest absolute Gasteiger partial charge is 0.262 e. The second-order valence-corrected chi connectivity index (χ2v) is 7.31. The van der Waals surface area contributed by atoms with Gasteiger partial charge in [-0.25, -0.2) is 13.4 Å². The molecule has 1 aromatic heterocycles. The Morgan fingerprint density at radius 1 is 1.53 bits per heavy atom. The van der Waals surface area contributed by atoms with E-state index in [2.05, 4.69) is 24.1 Å². The van der Waals surface area contributed by atoms with Crippen LogP contribution in [0.2, 0.25) is 0 Å². The van der Waals surface area contributed by atoms with Crippen LogP contribution in [0.25, 0.3) is 0 Å². The number of nitrogens with one attached hydrogen (secondary N) is 1. The molecule has 0 radical (unpaired) electrons. The first-order chi connectivity index (χ1) is 8.91. The van der Waals surface area contributed by atoms with Gasteiger partial charge in [0, 0.05) is 38.4 Å². The van der Waals surface area contributed by atoms with E-state index in [0.29, 0.717) is 25.6 Å². The van der Waals surface area contributed by atoms with Gasteiger partial charge in [0.05, 0.1) is 6.33 Å². The molecule has 1 saturated heterocycles. The van der Waals surface area contributed by atoms with Gasteiger partial charge < -0.3 is 9.88 Å². The minimum Gasteiger partial charge on any atom is -0.336 e. The molecule has 1 atom stereocenters. The highest BCUT2D eigenvalue weighted by Gasteiger charge is 2.32. The number of piperazine rings is 1. The molecular weight excluding hydrogens is 264 g/mol. The Kier molecular flexibility index (Phi) is 4.27. The highest BCUT2D eigenvalue weighted by molar-refractivity contribution is 7.89. The SMILES string of the molecule is CC(C)Cn1cnc(S(=O)(=O)N2CCNCC2C)c1. The number of rotatable bonds is 4. The molecule has 0 amide bonds. The minimum atomic E-state index is -3.46. The molecule has 19 heavy (non-hydrogen) atoms. The molecule has 0 aliphatic carbocycles. The highest BCUT2D eigenvalue weighted by Crippen LogP contribution is 2.17. The van der Waals surface area contributed by atoms with Gasteiger partial charge in [-0.05, 0) is 12.8 Å². The Morgan fingerprint density at radius 2 is 2.26 bits per heavy atom. The van der Waals surface area contributed by atoms with E-state index in [1.165, 1.54) is 4.31 Å². The lowest BCUT2D eigenvalue weighted by molar-refractivity contribution is 0.283. The lowest BCUT2D eigenvalue weighted by Crippen LogP contribution is -2.52. The molecule has 108 valence electrons. The van der Waals surface area contributed by atoms with Crippen molar-refractivity contribution in [3.63, 3.8) is 0 Å². The monoisotopic (exact) mass is 286 g/mol. The third kappa shape index (κ3) is 3.16. The molecular formula is C12H22N4O2S. The first kappa shape index (κ1) is 14.5. The Bertz CT molecular complexity index is 524. The zero-order chi connectivity index (χ0) is 14.0. The van der Waals surface area contributed by atoms with Gasteiger partial charge in [-0.2, -0.15) is 4.31 Å². The van der Waals surface area contributed by atoms with E-state index < -0.39 is 10.0 Å². The number of imidazole rings is 1. The van der Waals surface area contributed by atoms with E-state index in [-0.39, 0.29) is 11.1 Å². The van der Waals surface area contributed by atoms with Crippen molar-refractivity contribution in [3.8, 4) is 0 Å². The van der Waals surface area contributed by atoms with Crippen LogP contribution >= 0.6 is 0 Å². The van der Waals surface area contributed by atoms with Crippen molar-refractivity contribution >= 4 is 10.0 Å². The fraction of sp³-hybridized carbons (Fsp3) is 0.750. The molecule has 7 heteroatoms. The van der Waals surface area contributed by atoms with Gasteiger partial charge in [-0.3, -0.25) is 0 Å². The summed E-state index contributed by atoms with van der Waals surface area (Å²) in [5.41, 5.74) is 0. The summed E-state index contributed by atoms with van der Waals surface area (Å²) in [5, 5.41) is 3.34. The molecule has 0 saturated carbocycles. The van der Waals surface area contributed by atoms with E-state index in [1.807, 2.05) is 11.5 Å². The highest BCUT2D eigenvalue weighted by atomic mass is 32.2. The second-order valence-electron chi connectivity index (χ2n) is 5.47. The van der Waals surface area contributed by atoms with Crippen LogP contribution < -0.4 is 5.32 Å². The Labute approximate surface area is 114 Å². The molecule has 0 aromatic carbocycles. The molecule has 1 aliphatic heterocycles. The van der Waals surface area contributed by atoms with E-state index in [0.717, 1.165) is 6.54 Å². The second kappa shape index (κ2) is 5.60. The van der Waals surface area contributed by atoms with Gasteiger partial charge >= 0.3 is 0 Å². The maximum atomic E-state index is 12.5. The van der Waals surface area contributed by atoms with Gasteiger partial charge in [-0.1, -0.05) is 13.8 Å². The van der Waals surface area contributed by atoms with Crippen molar-refractivity contribution in [2.75, 3.05) is 19.6 Å². The van der Waals surface area contributed by atoms with E-state index in [4.69, 9.17) is 0 Å². The molecule has 6 nitrogen and oxygen atoms in total. The topological polar surface area (TPSA) is 67.2 Å². The van der Waals surface area contributed by atoms with Crippen molar-refractivity contribution in [1.82, 2.24) is 19.2 Å². The average Bonchev–Trinajstić information content (AvgIpc) is 2.77. The van der Waals surface area contributed by atoms with Gasteiger partial charge in [0.25, 0.3) is 10.0 Å². The first-order valence-electron chi connectivity index (χ1n) is 6.65. The average molecular weight is 286 g/mol. The molecule has 0 bridgehead atoms. The van der Waals surface area contributed by atoms with Crippen LogP contribution in [0.15, 0.2) is 17.6 Å². The molecule has 2 heterocycles. The molecule has 1 aliphatic rings. The summed E-state index contributed by atoms with van der Waals surface area (Å²) in [5.74, 6) is 0.461. The van der Waals surface area contributed by atoms with Crippen molar-refractivity contribution < 1.29 is 8.42 Å². The molecule has 1 N–H and O–H groups in total. The molecule has 1 aromatic rings. The number of nitrogens with zero attached hydrogens (tertiary/aromatic N) is 3. The predicted octanol–water partition coefficient (Wildman–Crippen LogP) is 0.522. The third-order valence-electron chi connectivity index (χ3n) is 3.20. The molecule has 1 fully saturated rings. The largest absolute Gasteiger partial charge is 0.336 e. The summed E-state index contributed by atoms with van der Waals surface area (Å²) in [6.07, 6.45) is 3.23. The van der Waals surface area contributed by atoms with Crippen LogP contribution in [-0.2, 0) is 16.6 Å². The summed E-state index contributed by atoms with van der Waals surface area (Å²) >= 11 is 0. The first-order valence-corrected chi connectivity index (χ1v) is 8.09. The molecule has 1 unspecified atom stereocenters. The number of sulfonamides is 1. The Morgan fingerprint density at radius 3 is 2.89 bits per heavy atom. The van der Waals surface area contributed by atoms with Crippen molar-refractivity contribution in [1.29, 1.82) is 0 Å². The van der Waals surface area contributed by atoms with Crippen molar-refractivity contribution in [2.45, 2.75) is 38.4 Å². The van der Waals surface area contributed by atoms with Crippen LogP contribution in [0, 0.1) is 5.92 Å². The Balaban J connectivity index is 2.21. The van der Waals surface area contributed by atoms with Crippen LogP contribution in [0.3, 0.4) is 0 Å². The maximum absolute atomic E-state index is 12.5. The number of hydrogen-bond donors (Lipinski definition) is 1. The zero-order valence-corrected chi connectivity index (χ0v) is 12.5. The lowest BCUT2D eigenvalue weighted by Gasteiger charge is -2.32. The number of aromatic nitrogens is 2. The third-order valence-corrected chi connectivity index (χ3v) is 5.10. The van der Waals surface area contributed by atoms with Crippen LogP contribution in [0.4, 0.5) is 0 Å². The van der Waals surface area contributed by atoms with Crippen molar-refractivity contribution in [2.24, 2.45) is 5.92 Å². The fourth-order valence-corrected chi connectivity index (χ4v) is 3.86. The summed E-state index contributed by atoms with van der Waals surface area (Å²) < 4.78 is 28.4. The van der Waals surface area contributed by atoms with Gasteiger partial charge in [0.15, 0.2) is 5.03 Å². The van der Waals surface area contributed by atoms with E-state index in [1.54, 1.807) is 12.5 Å². The van der Waals surface area contributed by atoms with Gasteiger partial charge in [-0.15, -0.1) is 0 Å². The Hall–Kier alpha value is -0.920. The maximum Gasteiger partial charge on any atom is 0.262 e. The van der Waals surface area contributed by atoms with E-state index >= 15 is 0 Å². The van der Waals surface area contributed by atoms with Crippen LogP contribution in [0.5, 0.6) is 0 Å². The summed E-state index contributed by atoms with van der Waals surface area (Å²) in [6, 6.07) is -0.0333. The standard InChI is InChI=1S/C12H22N4O2S/c1-10(2)7-15-8-12(14-9-15)19(17,18)16-5-4-13-6-11(16)3/h8-11,13H,4-7H2,1-3H3. The fourth-order valence-electron chi connectivity index (χ4n) is 2.29. The normalized spacial score (nSPS) is 22.0. The van der Waals surface area contributed by atoms with Gasteiger partial charge in [0.1, 0.15) is 0 Å². The predicted molar refractivity (Wildman–Crippen MR) is 73.3 cm³/mol. The molecule has 2 rings (SSSR count). The summed E-state index contributed by atoms with van der Waals surface area (Å²) in [4.78, 5) is 4.06. The number of hydrogen-bond acceptors (Lipinski definition) is 4.